The van der Waals surface area contributed by atoms with Gasteiger partial charge in [0.05, 0.1) is 0 Å². The number of hydrogen-bond donors (Lipinski definition) is 1. The van der Waals surface area contributed by atoms with E-state index in [1.165, 1.54) is 37.7 Å². The number of nitrogens with two attached hydrogens (primary N) is 1. The summed E-state index contributed by atoms with van der Waals surface area (Å²) in [5.74, 6) is 0. The molecule has 0 amide bonds. The van der Waals surface area contributed by atoms with E-state index in [4.69, 9.17) is 5.73 Å². The highest BCUT2D eigenvalue weighted by molar-refractivity contribution is 4.94. The molecule has 0 atom stereocenters. The molecule has 2 heteroatoms. The van der Waals surface area contributed by atoms with Crippen LogP contribution >= 0.6 is 0 Å². The van der Waals surface area contributed by atoms with E-state index >= 15 is 0 Å². The maximum atomic E-state index is 6.02. The molecule has 0 aliphatic heterocycles. The summed E-state index contributed by atoms with van der Waals surface area (Å²) in [5, 5.41) is 0. The smallest absolute Gasteiger partial charge is 0.0187 e. The first-order chi connectivity index (χ1) is 7.62. The standard InChI is InChI=1S/C14H28N2/c1-4-16(10-13(2)3)12-14(11-15)8-6-5-7-9-14/h2,4-12,15H2,1,3H3. The summed E-state index contributed by atoms with van der Waals surface area (Å²) >= 11 is 0. The second-order valence-corrected chi connectivity index (χ2v) is 5.53. The van der Waals surface area contributed by atoms with E-state index in [9.17, 15) is 0 Å². The van der Waals surface area contributed by atoms with Gasteiger partial charge in [-0.1, -0.05) is 38.3 Å². The normalized spacial score (nSPS) is 20.0. The van der Waals surface area contributed by atoms with E-state index in [2.05, 4.69) is 25.3 Å². The molecule has 94 valence electrons. The Bertz CT molecular complexity index is 217. The van der Waals surface area contributed by atoms with Crippen LogP contribution in [-0.4, -0.2) is 31.1 Å². The monoisotopic (exact) mass is 224 g/mol. The molecule has 1 rings (SSSR count). The molecule has 16 heavy (non-hydrogen) atoms. The first kappa shape index (κ1) is 13.7. The van der Waals surface area contributed by atoms with Crippen LogP contribution in [0.4, 0.5) is 0 Å². The highest BCUT2D eigenvalue weighted by atomic mass is 15.1. The van der Waals surface area contributed by atoms with Gasteiger partial charge in [0.25, 0.3) is 0 Å². The Balaban J connectivity index is 2.55. The van der Waals surface area contributed by atoms with Gasteiger partial charge in [-0.15, -0.1) is 0 Å². The molecule has 0 unspecified atom stereocenters. The molecule has 2 N–H and O–H groups in total. The molecule has 0 aromatic rings. The number of likely N-dealkylation sites (N-methyl/N-ethyl adjacent to an activating group) is 1. The SMILES string of the molecule is C=C(C)CN(CC)CC1(CN)CCCCC1. The van der Waals surface area contributed by atoms with Crippen molar-refractivity contribution in [3.8, 4) is 0 Å². The Kier molecular flexibility index (Phi) is 5.50. The van der Waals surface area contributed by atoms with Gasteiger partial charge in [0, 0.05) is 13.1 Å². The van der Waals surface area contributed by atoms with Crippen molar-refractivity contribution >= 4 is 0 Å². The van der Waals surface area contributed by atoms with Crippen molar-refractivity contribution in [2.75, 3.05) is 26.2 Å². The van der Waals surface area contributed by atoms with Gasteiger partial charge in [-0.05, 0) is 38.3 Å². The molecule has 0 radical (unpaired) electrons. The fraction of sp³-hybridized carbons (Fsp3) is 0.857. The zero-order valence-electron chi connectivity index (χ0n) is 11.1. The van der Waals surface area contributed by atoms with Gasteiger partial charge in [0.1, 0.15) is 0 Å². The summed E-state index contributed by atoms with van der Waals surface area (Å²) in [6, 6.07) is 0. The Morgan fingerprint density at radius 3 is 2.38 bits per heavy atom. The zero-order chi connectivity index (χ0) is 12.0. The van der Waals surface area contributed by atoms with Crippen molar-refractivity contribution in [3.05, 3.63) is 12.2 Å². The van der Waals surface area contributed by atoms with Crippen molar-refractivity contribution in [2.45, 2.75) is 46.0 Å². The van der Waals surface area contributed by atoms with Crippen molar-refractivity contribution in [1.29, 1.82) is 0 Å². The van der Waals surface area contributed by atoms with Crippen LogP contribution in [0, 0.1) is 5.41 Å². The van der Waals surface area contributed by atoms with Crippen LogP contribution < -0.4 is 5.73 Å². The van der Waals surface area contributed by atoms with Crippen molar-refractivity contribution < 1.29 is 0 Å². The van der Waals surface area contributed by atoms with Crippen LogP contribution in [0.2, 0.25) is 0 Å². The van der Waals surface area contributed by atoms with Crippen LogP contribution in [0.3, 0.4) is 0 Å². The lowest BCUT2D eigenvalue weighted by Gasteiger charge is -2.40. The maximum Gasteiger partial charge on any atom is 0.0187 e. The van der Waals surface area contributed by atoms with E-state index in [1.807, 2.05) is 0 Å². The lowest BCUT2D eigenvalue weighted by molar-refractivity contribution is 0.121. The molecule has 0 aromatic carbocycles. The first-order valence-electron chi connectivity index (χ1n) is 6.69. The third kappa shape index (κ3) is 3.91. The second-order valence-electron chi connectivity index (χ2n) is 5.53. The van der Waals surface area contributed by atoms with Crippen molar-refractivity contribution in [3.63, 3.8) is 0 Å². The molecule has 1 fully saturated rings. The molecule has 0 aromatic heterocycles. The van der Waals surface area contributed by atoms with Gasteiger partial charge in [-0.25, -0.2) is 0 Å². The molecule has 2 nitrogen and oxygen atoms in total. The second kappa shape index (κ2) is 6.41. The topological polar surface area (TPSA) is 29.3 Å². The Morgan fingerprint density at radius 1 is 1.31 bits per heavy atom. The summed E-state index contributed by atoms with van der Waals surface area (Å²) in [5.41, 5.74) is 7.67. The van der Waals surface area contributed by atoms with Gasteiger partial charge in [-0.2, -0.15) is 0 Å². The third-order valence-corrected chi connectivity index (χ3v) is 3.85. The molecule has 0 saturated heterocycles. The van der Waals surface area contributed by atoms with Crippen molar-refractivity contribution in [2.24, 2.45) is 11.1 Å². The van der Waals surface area contributed by atoms with Gasteiger partial charge in [0.15, 0.2) is 0 Å². The summed E-state index contributed by atoms with van der Waals surface area (Å²) in [6.45, 7) is 12.5. The van der Waals surface area contributed by atoms with E-state index in [-0.39, 0.29) is 0 Å². The van der Waals surface area contributed by atoms with Crippen LogP contribution in [0.15, 0.2) is 12.2 Å². The predicted molar refractivity (Wildman–Crippen MR) is 71.5 cm³/mol. The van der Waals surface area contributed by atoms with E-state index in [1.54, 1.807) is 0 Å². The maximum absolute atomic E-state index is 6.02. The summed E-state index contributed by atoms with van der Waals surface area (Å²) in [4.78, 5) is 2.50. The van der Waals surface area contributed by atoms with E-state index in [0.29, 0.717) is 5.41 Å². The molecular weight excluding hydrogens is 196 g/mol. The molecule has 0 bridgehead atoms. The highest BCUT2D eigenvalue weighted by Crippen LogP contribution is 2.36. The van der Waals surface area contributed by atoms with Gasteiger partial charge < -0.3 is 5.73 Å². The van der Waals surface area contributed by atoms with E-state index in [0.717, 1.165) is 26.2 Å². The average molecular weight is 224 g/mol. The highest BCUT2D eigenvalue weighted by Gasteiger charge is 2.32. The first-order valence-corrected chi connectivity index (χ1v) is 6.69. The fourth-order valence-electron chi connectivity index (χ4n) is 2.86. The minimum atomic E-state index is 0.393. The molecule has 1 aliphatic rings. The lowest BCUT2D eigenvalue weighted by atomic mass is 9.73. The van der Waals surface area contributed by atoms with Gasteiger partial charge in [0.2, 0.25) is 0 Å². The molecule has 0 heterocycles. The molecular formula is C14H28N2. The Labute approximate surface area is 101 Å². The number of nitrogens with zero attached hydrogens (tertiary/aromatic N) is 1. The summed E-state index contributed by atoms with van der Waals surface area (Å²) in [7, 11) is 0. The minimum absolute atomic E-state index is 0.393. The van der Waals surface area contributed by atoms with Crippen LogP contribution in [0.25, 0.3) is 0 Å². The lowest BCUT2D eigenvalue weighted by Crippen LogP contribution is -2.44. The van der Waals surface area contributed by atoms with Crippen LogP contribution in [-0.2, 0) is 0 Å². The average Bonchev–Trinajstić information content (AvgIpc) is 2.29. The largest absolute Gasteiger partial charge is 0.330 e. The summed E-state index contributed by atoms with van der Waals surface area (Å²) < 4.78 is 0. The Morgan fingerprint density at radius 2 is 1.94 bits per heavy atom. The molecule has 0 spiro atoms. The van der Waals surface area contributed by atoms with Crippen LogP contribution in [0.5, 0.6) is 0 Å². The molecule has 1 saturated carbocycles. The minimum Gasteiger partial charge on any atom is -0.330 e. The Hall–Kier alpha value is -0.340. The van der Waals surface area contributed by atoms with E-state index < -0.39 is 0 Å². The zero-order valence-corrected chi connectivity index (χ0v) is 11.1. The van der Waals surface area contributed by atoms with Crippen LogP contribution in [0.1, 0.15) is 46.0 Å². The quantitative estimate of drug-likeness (QED) is 0.703. The number of hydrogen-bond acceptors (Lipinski definition) is 2. The number of rotatable bonds is 6. The van der Waals surface area contributed by atoms with Crippen molar-refractivity contribution in [1.82, 2.24) is 4.90 Å². The van der Waals surface area contributed by atoms with Gasteiger partial charge in [-0.3, -0.25) is 4.90 Å². The third-order valence-electron chi connectivity index (χ3n) is 3.85. The fourth-order valence-corrected chi connectivity index (χ4v) is 2.86. The summed E-state index contributed by atoms with van der Waals surface area (Å²) in [6.07, 6.45) is 6.75. The van der Waals surface area contributed by atoms with Gasteiger partial charge >= 0.3 is 0 Å². The molecule has 1 aliphatic carbocycles. The predicted octanol–water partition coefficient (Wildman–Crippen LogP) is 2.79.